The Hall–Kier alpha value is -1.47. The van der Waals surface area contributed by atoms with Gasteiger partial charge in [-0.2, -0.15) is 0 Å². The topological polar surface area (TPSA) is 80.5 Å². The Bertz CT molecular complexity index is 602. The first kappa shape index (κ1) is 16.6. The van der Waals surface area contributed by atoms with Crippen LogP contribution in [0.3, 0.4) is 0 Å². The Morgan fingerprint density at radius 1 is 1.40 bits per heavy atom. The lowest BCUT2D eigenvalue weighted by molar-refractivity contribution is 0.0695. The van der Waals surface area contributed by atoms with Gasteiger partial charge in [0.2, 0.25) is 10.0 Å². The van der Waals surface area contributed by atoms with Gasteiger partial charge in [0.25, 0.3) is 5.91 Å². The van der Waals surface area contributed by atoms with E-state index in [2.05, 4.69) is 0 Å². The first-order valence-corrected chi connectivity index (χ1v) is 7.90. The van der Waals surface area contributed by atoms with Gasteiger partial charge in [-0.25, -0.2) is 17.9 Å². The van der Waals surface area contributed by atoms with Gasteiger partial charge in [0.15, 0.2) is 0 Å². The number of nitrogens with two attached hydrogens (primary N) is 1. The van der Waals surface area contributed by atoms with Crippen molar-refractivity contribution in [3.05, 3.63) is 29.6 Å². The summed E-state index contributed by atoms with van der Waals surface area (Å²) in [4.78, 5) is 13.6. The number of benzene rings is 1. The van der Waals surface area contributed by atoms with Crippen LogP contribution in [0.25, 0.3) is 0 Å². The standard InChI is InChI=1S/C13H19FN2O3S/c1-4-9(3)16(5-2)13(17)11-8-10(14)6-7-12(11)20(15,18)19/h6-9H,4-5H2,1-3H3,(H2,15,18,19). The summed E-state index contributed by atoms with van der Waals surface area (Å²) in [5.41, 5.74) is -0.227. The highest BCUT2D eigenvalue weighted by molar-refractivity contribution is 7.89. The molecule has 0 aliphatic carbocycles. The number of primary sulfonamides is 1. The minimum Gasteiger partial charge on any atom is -0.336 e. The zero-order valence-corrected chi connectivity index (χ0v) is 12.6. The molecule has 112 valence electrons. The smallest absolute Gasteiger partial charge is 0.255 e. The maximum absolute atomic E-state index is 13.3. The number of carbonyl (C=O) groups excluding carboxylic acids is 1. The van der Waals surface area contributed by atoms with E-state index in [0.29, 0.717) is 13.0 Å². The molecule has 1 atom stereocenters. The molecule has 1 unspecified atom stereocenters. The van der Waals surface area contributed by atoms with Crippen molar-refractivity contribution in [2.75, 3.05) is 6.54 Å². The Morgan fingerprint density at radius 3 is 2.45 bits per heavy atom. The Balaban J connectivity index is 3.38. The van der Waals surface area contributed by atoms with E-state index in [1.54, 1.807) is 6.92 Å². The molecule has 0 saturated carbocycles. The van der Waals surface area contributed by atoms with E-state index >= 15 is 0 Å². The minimum atomic E-state index is -4.08. The van der Waals surface area contributed by atoms with Gasteiger partial charge in [-0.3, -0.25) is 4.79 Å². The first-order chi connectivity index (χ1) is 9.22. The number of nitrogens with zero attached hydrogens (tertiary/aromatic N) is 1. The van der Waals surface area contributed by atoms with Gasteiger partial charge >= 0.3 is 0 Å². The van der Waals surface area contributed by atoms with Crippen molar-refractivity contribution in [2.45, 2.75) is 38.1 Å². The molecule has 1 amide bonds. The fourth-order valence-electron chi connectivity index (χ4n) is 1.95. The molecule has 1 aromatic rings. The van der Waals surface area contributed by atoms with E-state index in [4.69, 9.17) is 5.14 Å². The molecule has 0 heterocycles. The third-order valence-electron chi connectivity index (χ3n) is 3.20. The van der Waals surface area contributed by atoms with Crippen molar-refractivity contribution in [1.29, 1.82) is 0 Å². The predicted octanol–water partition coefficient (Wildman–Crippen LogP) is 1.73. The number of carbonyl (C=O) groups is 1. The molecule has 0 fully saturated rings. The zero-order valence-electron chi connectivity index (χ0n) is 11.8. The van der Waals surface area contributed by atoms with Crippen molar-refractivity contribution >= 4 is 15.9 Å². The highest BCUT2D eigenvalue weighted by Gasteiger charge is 2.25. The van der Waals surface area contributed by atoms with Gasteiger partial charge < -0.3 is 4.90 Å². The molecular weight excluding hydrogens is 283 g/mol. The lowest BCUT2D eigenvalue weighted by Gasteiger charge is -2.27. The molecule has 7 heteroatoms. The van der Waals surface area contributed by atoms with E-state index < -0.39 is 21.7 Å². The second-order valence-electron chi connectivity index (χ2n) is 4.53. The average molecular weight is 302 g/mol. The van der Waals surface area contributed by atoms with Crippen LogP contribution in [-0.4, -0.2) is 31.8 Å². The normalized spacial score (nSPS) is 13.1. The quantitative estimate of drug-likeness (QED) is 0.899. The van der Waals surface area contributed by atoms with Crippen molar-refractivity contribution in [1.82, 2.24) is 4.90 Å². The lowest BCUT2D eigenvalue weighted by atomic mass is 10.1. The molecule has 1 rings (SSSR count). The molecule has 0 radical (unpaired) electrons. The van der Waals surface area contributed by atoms with Crippen molar-refractivity contribution in [3.8, 4) is 0 Å². The summed E-state index contributed by atoms with van der Waals surface area (Å²) < 4.78 is 36.3. The van der Waals surface area contributed by atoms with Crippen LogP contribution in [0.2, 0.25) is 0 Å². The fourth-order valence-corrected chi connectivity index (χ4v) is 2.66. The predicted molar refractivity (Wildman–Crippen MR) is 74.2 cm³/mol. The van der Waals surface area contributed by atoms with Crippen molar-refractivity contribution < 1.29 is 17.6 Å². The van der Waals surface area contributed by atoms with Gasteiger partial charge in [0.1, 0.15) is 5.82 Å². The number of hydrogen-bond acceptors (Lipinski definition) is 3. The number of hydrogen-bond donors (Lipinski definition) is 1. The second kappa shape index (κ2) is 6.32. The fraction of sp³-hybridized carbons (Fsp3) is 0.462. The van der Waals surface area contributed by atoms with Crippen LogP contribution in [0.15, 0.2) is 23.1 Å². The third kappa shape index (κ3) is 3.55. The largest absolute Gasteiger partial charge is 0.336 e. The number of halogens is 1. The van der Waals surface area contributed by atoms with Gasteiger partial charge in [-0.05, 0) is 38.5 Å². The van der Waals surface area contributed by atoms with Crippen LogP contribution in [0.4, 0.5) is 4.39 Å². The van der Waals surface area contributed by atoms with Crippen LogP contribution in [0.1, 0.15) is 37.6 Å². The average Bonchev–Trinajstić information content (AvgIpc) is 2.37. The maximum atomic E-state index is 13.3. The van der Waals surface area contributed by atoms with E-state index in [-0.39, 0.29) is 16.5 Å². The van der Waals surface area contributed by atoms with Crippen molar-refractivity contribution in [3.63, 3.8) is 0 Å². The summed E-state index contributed by atoms with van der Waals surface area (Å²) in [6, 6.07) is 2.81. The summed E-state index contributed by atoms with van der Waals surface area (Å²) in [5.74, 6) is -1.22. The highest BCUT2D eigenvalue weighted by Crippen LogP contribution is 2.19. The maximum Gasteiger partial charge on any atom is 0.255 e. The monoisotopic (exact) mass is 302 g/mol. The molecule has 0 bridgehead atoms. The van der Waals surface area contributed by atoms with E-state index in [1.807, 2.05) is 13.8 Å². The van der Waals surface area contributed by atoms with Gasteiger partial charge in [0, 0.05) is 12.6 Å². The number of rotatable bonds is 5. The number of sulfonamides is 1. The molecule has 5 nitrogen and oxygen atoms in total. The van der Waals surface area contributed by atoms with Crippen LogP contribution < -0.4 is 5.14 Å². The van der Waals surface area contributed by atoms with Gasteiger partial charge in [-0.1, -0.05) is 6.92 Å². The summed E-state index contributed by atoms with van der Waals surface area (Å²) in [6.45, 7) is 5.93. The van der Waals surface area contributed by atoms with E-state index in [9.17, 15) is 17.6 Å². The van der Waals surface area contributed by atoms with Gasteiger partial charge in [0.05, 0.1) is 10.5 Å². The Morgan fingerprint density at radius 2 is 2.00 bits per heavy atom. The highest BCUT2D eigenvalue weighted by atomic mass is 32.2. The molecule has 0 aromatic heterocycles. The Labute approximate surface area is 118 Å². The summed E-state index contributed by atoms with van der Waals surface area (Å²) >= 11 is 0. The van der Waals surface area contributed by atoms with Crippen LogP contribution in [-0.2, 0) is 10.0 Å². The SMILES string of the molecule is CCC(C)N(CC)C(=O)c1cc(F)ccc1S(N)(=O)=O. The first-order valence-electron chi connectivity index (χ1n) is 6.35. The second-order valence-corrected chi connectivity index (χ2v) is 6.06. The summed E-state index contributed by atoms with van der Waals surface area (Å²) in [5, 5.41) is 5.07. The minimum absolute atomic E-state index is 0.0795. The van der Waals surface area contributed by atoms with Crippen LogP contribution in [0, 0.1) is 5.82 Å². The molecule has 0 aliphatic rings. The van der Waals surface area contributed by atoms with Gasteiger partial charge in [-0.15, -0.1) is 0 Å². The van der Waals surface area contributed by atoms with Crippen LogP contribution in [0.5, 0.6) is 0 Å². The molecular formula is C13H19FN2O3S. The molecule has 20 heavy (non-hydrogen) atoms. The zero-order chi connectivity index (χ0) is 15.5. The molecule has 1 aromatic carbocycles. The lowest BCUT2D eigenvalue weighted by Crippen LogP contribution is -2.39. The van der Waals surface area contributed by atoms with E-state index in [0.717, 1.165) is 18.2 Å². The van der Waals surface area contributed by atoms with Crippen LogP contribution >= 0.6 is 0 Å². The molecule has 0 aliphatic heterocycles. The van der Waals surface area contributed by atoms with Crippen molar-refractivity contribution in [2.24, 2.45) is 5.14 Å². The van der Waals surface area contributed by atoms with E-state index in [1.165, 1.54) is 4.90 Å². The third-order valence-corrected chi connectivity index (χ3v) is 4.17. The summed E-state index contributed by atoms with van der Waals surface area (Å²) in [7, 11) is -4.08. The Kier molecular flexibility index (Phi) is 5.24. The summed E-state index contributed by atoms with van der Waals surface area (Å²) in [6.07, 6.45) is 0.708. The molecule has 2 N–H and O–H groups in total. The molecule has 0 spiro atoms. The number of amides is 1. The molecule has 0 saturated heterocycles.